The lowest BCUT2D eigenvalue weighted by Gasteiger charge is -2.42. The van der Waals surface area contributed by atoms with Crippen LogP contribution in [0.15, 0.2) is 48.5 Å². The quantitative estimate of drug-likeness (QED) is 0.169. The van der Waals surface area contributed by atoms with E-state index in [4.69, 9.17) is 31.5 Å². The number of hydrogen-bond donors (Lipinski definition) is 6. The van der Waals surface area contributed by atoms with Gasteiger partial charge in [-0.25, -0.2) is 4.79 Å². The lowest BCUT2D eigenvalue weighted by Crippen LogP contribution is -2.52. The van der Waals surface area contributed by atoms with E-state index in [-0.39, 0.29) is 59.5 Å². The lowest BCUT2D eigenvalue weighted by atomic mass is 9.73. The van der Waals surface area contributed by atoms with Crippen LogP contribution in [0.2, 0.25) is 5.02 Å². The number of aliphatic hydroxyl groups is 2. The summed E-state index contributed by atoms with van der Waals surface area (Å²) >= 11 is 5.89. The zero-order chi connectivity index (χ0) is 32.2. The molecule has 0 spiro atoms. The summed E-state index contributed by atoms with van der Waals surface area (Å²) < 4.78 is 17.3. The van der Waals surface area contributed by atoms with Crippen LogP contribution in [0.1, 0.15) is 68.8 Å². The van der Waals surface area contributed by atoms with Gasteiger partial charge in [0.25, 0.3) is 0 Å². The van der Waals surface area contributed by atoms with Gasteiger partial charge in [0.2, 0.25) is 0 Å². The predicted octanol–water partition coefficient (Wildman–Crippen LogP) is 3.76. The lowest BCUT2D eigenvalue weighted by molar-refractivity contribution is -0.248. The van der Waals surface area contributed by atoms with E-state index in [0.717, 1.165) is 0 Å². The highest BCUT2D eigenvalue weighted by Crippen LogP contribution is 2.52. The van der Waals surface area contributed by atoms with Gasteiger partial charge in [0.15, 0.2) is 17.9 Å². The fraction of sp³-hybridized carbons (Fsp3) is 0.344. The van der Waals surface area contributed by atoms with Gasteiger partial charge in [-0.2, -0.15) is 0 Å². The van der Waals surface area contributed by atoms with Crippen molar-refractivity contribution >= 4 is 47.4 Å². The molecule has 1 aliphatic heterocycles. The molecule has 0 bridgehead atoms. The van der Waals surface area contributed by atoms with Gasteiger partial charge in [-0.15, -0.1) is 12.4 Å². The maximum atomic E-state index is 13.6. The molecular formula is C32H32Cl2N2O10. The van der Waals surface area contributed by atoms with Crippen molar-refractivity contribution in [3.05, 3.63) is 86.9 Å². The van der Waals surface area contributed by atoms with Crippen LogP contribution in [0.3, 0.4) is 0 Å². The largest absolute Gasteiger partial charge is 0.507 e. The van der Waals surface area contributed by atoms with Gasteiger partial charge in [-0.3, -0.25) is 14.9 Å². The van der Waals surface area contributed by atoms with Gasteiger partial charge < -0.3 is 40.4 Å². The molecule has 7 N–H and O–H groups in total. The fourth-order valence-electron chi connectivity index (χ4n) is 6.23. The Balaban J connectivity index is 0.00000417. The van der Waals surface area contributed by atoms with E-state index in [1.807, 2.05) is 0 Å². The van der Waals surface area contributed by atoms with Gasteiger partial charge in [0.1, 0.15) is 23.7 Å². The first-order valence-corrected chi connectivity index (χ1v) is 14.7. The number of benzene rings is 3. The van der Waals surface area contributed by atoms with Crippen molar-refractivity contribution in [3.63, 3.8) is 0 Å². The Bertz CT molecular complexity index is 1690. The molecule has 1 heterocycles. The van der Waals surface area contributed by atoms with Crippen LogP contribution in [0.25, 0.3) is 0 Å². The summed E-state index contributed by atoms with van der Waals surface area (Å²) in [7, 11) is 0. The summed E-state index contributed by atoms with van der Waals surface area (Å²) in [5.41, 5.74) is 3.90. The molecule has 46 heavy (non-hydrogen) atoms. The molecule has 3 aromatic carbocycles. The van der Waals surface area contributed by atoms with Gasteiger partial charge in [-0.05, 0) is 31.2 Å². The molecule has 12 nitrogen and oxygen atoms in total. The van der Waals surface area contributed by atoms with E-state index < -0.39 is 77.6 Å². The van der Waals surface area contributed by atoms with E-state index in [9.17, 15) is 34.8 Å². The van der Waals surface area contributed by atoms with Crippen molar-refractivity contribution in [2.24, 2.45) is 5.73 Å². The molecule has 244 valence electrons. The second-order valence-corrected chi connectivity index (χ2v) is 12.1. The van der Waals surface area contributed by atoms with Crippen LogP contribution < -0.4 is 11.1 Å². The number of halogens is 2. The minimum atomic E-state index is -1.87. The average molecular weight is 676 g/mol. The summed E-state index contributed by atoms with van der Waals surface area (Å²) in [4.78, 5) is 39.7. The number of amides is 1. The smallest absolute Gasteiger partial charge is 0.411 e. The highest BCUT2D eigenvalue weighted by Gasteiger charge is 2.48. The molecule has 3 aromatic rings. The Morgan fingerprint density at radius 3 is 2.28 bits per heavy atom. The molecule has 0 radical (unpaired) electrons. The van der Waals surface area contributed by atoms with Crippen molar-refractivity contribution < 1.29 is 49.0 Å². The molecule has 6 rings (SSSR count). The number of carbonyl (C=O) groups is 3. The van der Waals surface area contributed by atoms with Crippen molar-refractivity contribution in [3.8, 4) is 11.5 Å². The van der Waals surface area contributed by atoms with E-state index in [2.05, 4.69) is 5.32 Å². The number of anilines is 1. The fourth-order valence-corrected chi connectivity index (χ4v) is 6.35. The number of ketones is 2. The topological polar surface area (TPSA) is 198 Å². The molecule has 1 amide bonds. The van der Waals surface area contributed by atoms with Crippen molar-refractivity contribution in [1.29, 1.82) is 0 Å². The number of carbonyl (C=O) groups excluding carboxylic acids is 3. The summed E-state index contributed by atoms with van der Waals surface area (Å²) in [5, 5.41) is 48.1. The third-order valence-corrected chi connectivity index (χ3v) is 8.73. The molecule has 1 saturated heterocycles. The van der Waals surface area contributed by atoms with Crippen LogP contribution in [-0.4, -0.2) is 74.8 Å². The number of aliphatic hydroxyl groups excluding tert-OH is 1. The predicted molar refractivity (Wildman–Crippen MR) is 167 cm³/mol. The second-order valence-electron chi connectivity index (χ2n) is 11.6. The van der Waals surface area contributed by atoms with Gasteiger partial charge in [0.05, 0.1) is 29.4 Å². The normalized spacial score (nSPS) is 26.7. The number of phenols is 2. The molecule has 6 atom stereocenters. The van der Waals surface area contributed by atoms with Crippen LogP contribution in [-0.2, 0) is 20.6 Å². The SMILES string of the molecule is C[C@@H]1O[C@@H](O[C@H]2C[C@](O)(COC(=O)Nc3ccc(Cl)cc3)Cc3c(O)c4c(c(O)c32)C(=O)c2ccccc2C4=O)C[C@H](N)[C@H]1O.Cl. The summed E-state index contributed by atoms with van der Waals surface area (Å²) in [5.74, 6) is -2.52. The number of fused-ring (bicyclic) bond motifs is 3. The maximum absolute atomic E-state index is 13.6. The summed E-state index contributed by atoms with van der Waals surface area (Å²) in [6.45, 7) is 1.04. The Labute approximate surface area is 274 Å². The van der Waals surface area contributed by atoms with Crippen LogP contribution in [0, 0.1) is 0 Å². The number of hydrogen-bond acceptors (Lipinski definition) is 11. The third kappa shape index (κ3) is 6.05. The zero-order valence-electron chi connectivity index (χ0n) is 24.4. The van der Waals surface area contributed by atoms with Gasteiger partial charge in [-0.1, -0.05) is 35.9 Å². The zero-order valence-corrected chi connectivity index (χ0v) is 26.0. The Morgan fingerprint density at radius 1 is 1.07 bits per heavy atom. The molecule has 0 saturated carbocycles. The first-order chi connectivity index (χ1) is 21.4. The highest BCUT2D eigenvalue weighted by atomic mass is 35.5. The van der Waals surface area contributed by atoms with E-state index in [1.54, 1.807) is 43.3 Å². The number of phenolic OH excluding ortho intramolecular Hbond substituents is 2. The van der Waals surface area contributed by atoms with Crippen LogP contribution in [0.4, 0.5) is 10.5 Å². The first-order valence-electron chi connectivity index (χ1n) is 14.3. The van der Waals surface area contributed by atoms with Crippen molar-refractivity contribution in [1.82, 2.24) is 0 Å². The Hall–Kier alpha value is -3.75. The molecule has 3 aliphatic rings. The third-order valence-electron chi connectivity index (χ3n) is 8.48. The first kappa shape index (κ1) is 33.6. The van der Waals surface area contributed by atoms with Crippen LogP contribution >= 0.6 is 24.0 Å². The van der Waals surface area contributed by atoms with Crippen LogP contribution in [0.5, 0.6) is 11.5 Å². The molecule has 2 aliphatic carbocycles. The molecule has 14 heteroatoms. The highest BCUT2D eigenvalue weighted by molar-refractivity contribution is 6.31. The number of rotatable bonds is 5. The van der Waals surface area contributed by atoms with Gasteiger partial charge >= 0.3 is 6.09 Å². The maximum Gasteiger partial charge on any atom is 0.411 e. The molecule has 0 aromatic heterocycles. The molecular weight excluding hydrogens is 643 g/mol. The Kier molecular flexibility index (Phi) is 9.35. The minimum Gasteiger partial charge on any atom is -0.507 e. The standard InChI is InChI=1S/C32H31ClN2O10.ClH/c1-14-26(36)20(34)10-22(44-14)45-21-12-32(42,13-43-31(41)35-16-8-6-15(33)7-9-16)11-19-23(21)30(40)25-24(29(19)39)27(37)17-4-2-3-5-18(17)28(25)38;/h2-9,14,20-22,26,36,39-40,42H,10-13,34H2,1H3,(H,35,41);1H/t14-,20-,21-,22-,26-,32-;/m0./s1. The number of aromatic hydroxyl groups is 2. The minimum absolute atomic E-state index is 0. The van der Waals surface area contributed by atoms with E-state index in [0.29, 0.717) is 10.7 Å². The van der Waals surface area contributed by atoms with E-state index >= 15 is 0 Å². The second kappa shape index (κ2) is 12.8. The van der Waals surface area contributed by atoms with Crippen molar-refractivity contribution in [2.75, 3.05) is 11.9 Å². The number of nitrogens with one attached hydrogen (secondary N) is 1. The molecule has 1 fully saturated rings. The average Bonchev–Trinajstić information content (AvgIpc) is 3.00. The Morgan fingerprint density at radius 2 is 1.67 bits per heavy atom. The monoisotopic (exact) mass is 674 g/mol. The van der Waals surface area contributed by atoms with Crippen molar-refractivity contribution in [2.45, 2.75) is 62.4 Å². The summed E-state index contributed by atoms with van der Waals surface area (Å²) in [6, 6.07) is 11.6. The number of nitrogens with two attached hydrogens (primary N) is 1. The summed E-state index contributed by atoms with van der Waals surface area (Å²) in [6.07, 6.45) is -5.37. The van der Waals surface area contributed by atoms with Gasteiger partial charge in [0, 0.05) is 58.3 Å². The van der Waals surface area contributed by atoms with E-state index in [1.165, 1.54) is 12.1 Å². The number of ether oxygens (including phenoxy) is 3. The molecule has 0 unspecified atom stereocenters.